The lowest BCUT2D eigenvalue weighted by molar-refractivity contribution is 0.324. The van der Waals surface area contributed by atoms with Gasteiger partial charge in [-0.15, -0.1) is 0 Å². The largest absolute Gasteiger partial charge is 0.506 e. The highest BCUT2D eigenvalue weighted by molar-refractivity contribution is 5.94. The van der Waals surface area contributed by atoms with Crippen LogP contribution in [0.1, 0.15) is 11.4 Å². The van der Waals surface area contributed by atoms with Crippen LogP contribution in [-0.4, -0.2) is 36.4 Å². The van der Waals surface area contributed by atoms with E-state index in [4.69, 9.17) is 14.2 Å². The number of H-pyrrole nitrogens is 1. The van der Waals surface area contributed by atoms with Crippen LogP contribution in [0.3, 0.4) is 0 Å². The van der Waals surface area contributed by atoms with Crippen molar-refractivity contribution >= 4 is 22.4 Å². The normalized spacial score (nSPS) is 11.6. The number of para-hydroxylation sites is 2. The van der Waals surface area contributed by atoms with Gasteiger partial charge in [-0.1, -0.05) is 12.1 Å². The van der Waals surface area contributed by atoms with Crippen molar-refractivity contribution in [1.29, 1.82) is 5.26 Å². The number of aliphatic hydroxyl groups excluding tert-OH is 1. The first kappa shape index (κ1) is 17.2. The van der Waals surface area contributed by atoms with Crippen LogP contribution in [0.2, 0.25) is 0 Å². The Morgan fingerprint density at radius 2 is 1.73 bits per heavy atom. The number of nitriles is 1. The van der Waals surface area contributed by atoms with E-state index in [1.165, 1.54) is 21.3 Å². The molecule has 2 aromatic carbocycles. The van der Waals surface area contributed by atoms with Gasteiger partial charge in [0.2, 0.25) is 5.75 Å². The lowest BCUT2D eigenvalue weighted by Crippen LogP contribution is -1.98. The minimum Gasteiger partial charge on any atom is -0.506 e. The van der Waals surface area contributed by atoms with Crippen LogP contribution in [0.15, 0.2) is 36.4 Å². The Bertz CT molecular complexity index is 973. The Morgan fingerprint density at radius 3 is 2.27 bits per heavy atom. The molecule has 0 saturated carbocycles. The molecule has 7 nitrogen and oxygen atoms in total. The number of aliphatic hydroxyl groups is 1. The second-order valence-electron chi connectivity index (χ2n) is 5.35. The topological polar surface area (TPSA) is 100 Å². The van der Waals surface area contributed by atoms with Gasteiger partial charge in [0.05, 0.1) is 32.4 Å². The predicted molar refractivity (Wildman–Crippen MR) is 97.2 cm³/mol. The molecule has 0 fully saturated rings. The molecule has 1 aromatic heterocycles. The van der Waals surface area contributed by atoms with Gasteiger partial charge < -0.3 is 24.3 Å². The van der Waals surface area contributed by atoms with E-state index in [9.17, 15) is 10.4 Å². The lowest BCUT2D eigenvalue weighted by Gasteiger charge is -2.14. The minimum atomic E-state index is -0.245. The number of aromatic amines is 1. The predicted octanol–water partition coefficient (Wildman–Crippen LogP) is 3.54. The number of methoxy groups -OCH3 is 3. The maximum atomic E-state index is 10.7. The number of hydrogen-bond acceptors (Lipinski definition) is 6. The van der Waals surface area contributed by atoms with Gasteiger partial charge in [0.1, 0.15) is 17.4 Å². The third-order valence-corrected chi connectivity index (χ3v) is 3.91. The maximum Gasteiger partial charge on any atom is 0.203 e. The fourth-order valence-electron chi connectivity index (χ4n) is 2.65. The van der Waals surface area contributed by atoms with Gasteiger partial charge in [0, 0.05) is 5.56 Å². The van der Waals surface area contributed by atoms with E-state index in [-0.39, 0.29) is 17.2 Å². The van der Waals surface area contributed by atoms with Crippen LogP contribution in [0, 0.1) is 11.3 Å². The molecule has 0 saturated heterocycles. The van der Waals surface area contributed by atoms with Crippen molar-refractivity contribution in [2.75, 3.05) is 21.3 Å². The molecule has 2 N–H and O–H groups in total. The molecule has 0 aliphatic heterocycles. The molecule has 0 atom stereocenters. The van der Waals surface area contributed by atoms with Crippen molar-refractivity contribution in [2.24, 2.45) is 0 Å². The van der Waals surface area contributed by atoms with Gasteiger partial charge in [0.15, 0.2) is 17.3 Å². The average Bonchev–Trinajstić information content (AvgIpc) is 3.10. The Morgan fingerprint density at radius 1 is 1.08 bits per heavy atom. The number of nitrogens with zero attached hydrogens (tertiary/aromatic N) is 2. The fraction of sp³-hybridized carbons (Fsp3) is 0.158. The Labute approximate surface area is 150 Å². The number of fused-ring (bicyclic) bond motifs is 1. The number of hydrogen-bond donors (Lipinski definition) is 2. The summed E-state index contributed by atoms with van der Waals surface area (Å²) in [4.78, 5) is 7.40. The molecule has 0 aliphatic rings. The quantitative estimate of drug-likeness (QED) is 0.539. The van der Waals surface area contributed by atoms with E-state index in [0.29, 0.717) is 28.3 Å². The molecule has 0 spiro atoms. The first-order chi connectivity index (χ1) is 12.6. The van der Waals surface area contributed by atoms with Gasteiger partial charge in [-0.2, -0.15) is 5.26 Å². The van der Waals surface area contributed by atoms with Crippen molar-refractivity contribution in [1.82, 2.24) is 9.97 Å². The summed E-state index contributed by atoms with van der Waals surface area (Å²) < 4.78 is 15.9. The smallest absolute Gasteiger partial charge is 0.203 e. The summed E-state index contributed by atoms with van der Waals surface area (Å²) in [5.74, 6) is 1.17. The second kappa shape index (κ2) is 7.07. The summed E-state index contributed by atoms with van der Waals surface area (Å²) in [6.45, 7) is 0. The van der Waals surface area contributed by atoms with Gasteiger partial charge in [-0.3, -0.25) is 0 Å². The lowest BCUT2D eigenvalue weighted by atomic mass is 10.1. The Hall–Kier alpha value is -3.66. The van der Waals surface area contributed by atoms with E-state index >= 15 is 0 Å². The summed E-state index contributed by atoms with van der Waals surface area (Å²) in [6.07, 6.45) is 0. The van der Waals surface area contributed by atoms with E-state index < -0.39 is 0 Å². The minimum absolute atomic E-state index is 0.00970. The summed E-state index contributed by atoms with van der Waals surface area (Å²) >= 11 is 0. The Kier molecular flexibility index (Phi) is 4.67. The molecule has 26 heavy (non-hydrogen) atoms. The molecule has 0 radical (unpaired) electrons. The zero-order valence-electron chi connectivity index (χ0n) is 14.5. The zero-order chi connectivity index (χ0) is 18.7. The number of rotatable bonds is 5. The van der Waals surface area contributed by atoms with Crippen molar-refractivity contribution in [2.45, 2.75) is 0 Å². The molecule has 132 valence electrons. The fourth-order valence-corrected chi connectivity index (χ4v) is 2.65. The van der Waals surface area contributed by atoms with Gasteiger partial charge in [-0.25, -0.2) is 4.98 Å². The molecule has 3 rings (SSSR count). The van der Waals surface area contributed by atoms with Crippen molar-refractivity contribution in [3.05, 3.63) is 47.8 Å². The standard InChI is InChI=1S/C19H17N3O4/c1-24-15-8-11(9-16(25-2)18(15)26-3)17(23)12(10-20)19-21-13-6-4-5-7-14(13)22-19/h4-9,23H,1-3H3,(H,21,22)/b17-12+. The van der Waals surface area contributed by atoms with E-state index in [2.05, 4.69) is 9.97 Å². The van der Waals surface area contributed by atoms with Gasteiger partial charge in [0.25, 0.3) is 0 Å². The highest BCUT2D eigenvalue weighted by Crippen LogP contribution is 2.40. The number of aromatic nitrogens is 2. The van der Waals surface area contributed by atoms with Crippen molar-refractivity contribution in [3.8, 4) is 23.3 Å². The number of benzene rings is 2. The van der Waals surface area contributed by atoms with Crippen LogP contribution in [-0.2, 0) is 0 Å². The maximum absolute atomic E-state index is 10.7. The molecule has 1 heterocycles. The molecular weight excluding hydrogens is 334 g/mol. The molecule has 0 aliphatic carbocycles. The number of ether oxygens (including phenoxy) is 3. The number of allylic oxidation sites excluding steroid dienone is 1. The van der Waals surface area contributed by atoms with Crippen LogP contribution < -0.4 is 14.2 Å². The highest BCUT2D eigenvalue weighted by Gasteiger charge is 2.19. The van der Waals surface area contributed by atoms with Gasteiger partial charge >= 0.3 is 0 Å². The SMILES string of the molecule is COc1cc(/C(O)=C(/C#N)c2nc3ccccc3[nH]2)cc(OC)c1OC. The summed E-state index contributed by atoms with van der Waals surface area (Å²) in [6, 6.07) is 12.5. The molecule has 0 bridgehead atoms. The number of nitrogens with one attached hydrogen (secondary N) is 1. The van der Waals surface area contributed by atoms with Crippen LogP contribution in [0.4, 0.5) is 0 Å². The first-order valence-electron chi connectivity index (χ1n) is 7.71. The molecule has 7 heteroatoms. The molecular formula is C19H17N3O4. The van der Waals surface area contributed by atoms with Crippen molar-refractivity contribution < 1.29 is 19.3 Å². The Balaban J connectivity index is 2.18. The van der Waals surface area contributed by atoms with Crippen LogP contribution in [0.25, 0.3) is 22.4 Å². The van der Waals surface area contributed by atoms with Crippen LogP contribution >= 0.6 is 0 Å². The van der Waals surface area contributed by atoms with Gasteiger partial charge in [-0.05, 0) is 24.3 Å². The van der Waals surface area contributed by atoms with Crippen molar-refractivity contribution in [3.63, 3.8) is 0 Å². The first-order valence-corrected chi connectivity index (χ1v) is 7.71. The van der Waals surface area contributed by atoms with Crippen LogP contribution in [0.5, 0.6) is 17.2 Å². The monoisotopic (exact) mass is 351 g/mol. The third-order valence-electron chi connectivity index (χ3n) is 3.91. The van der Waals surface area contributed by atoms with E-state index in [0.717, 1.165) is 5.52 Å². The number of imidazole rings is 1. The zero-order valence-corrected chi connectivity index (χ0v) is 14.5. The second-order valence-corrected chi connectivity index (χ2v) is 5.35. The summed E-state index contributed by atoms with van der Waals surface area (Å²) in [5.41, 5.74) is 1.83. The average molecular weight is 351 g/mol. The summed E-state index contributed by atoms with van der Waals surface area (Å²) in [5, 5.41) is 20.3. The molecule has 0 amide bonds. The van der Waals surface area contributed by atoms with E-state index in [1.54, 1.807) is 12.1 Å². The summed E-state index contributed by atoms with van der Waals surface area (Å²) in [7, 11) is 4.45. The molecule has 0 unspecified atom stereocenters. The highest BCUT2D eigenvalue weighted by atomic mass is 16.5. The molecule has 3 aromatic rings. The van der Waals surface area contributed by atoms with E-state index in [1.807, 2.05) is 30.3 Å². The third kappa shape index (κ3) is 2.89.